The highest BCUT2D eigenvalue weighted by molar-refractivity contribution is 9.10. The highest BCUT2D eigenvalue weighted by atomic mass is 79.9. The van der Waals surface area contributed by atoms with Crippen LogP contribution >= 0.6 is 27.3 Å². The number of hydrogen-bond donors (Lipinski definition) is 1. The van der Waals surface area contributed by atoms with Crippen LogP contribution in [-0.4, -0.2) is 19.2 Å². The van der Waals surface area contributed by atoms with Crippen molar-refractivity contribution in [2.75, 3.05) is 12.4 Å². The van der Waals surface area contributed by atoms with Gasteiger partial charge in [-0.1, -0.05) is 34.1 Å². The number of anilines is 1. The molecule has 0 spiro atoms. The summed E-state index contributed by atoms with van der Waals surface area (Å²) in [5.74, 6) is 0.650. The molecule has 0 aliphatic heterocycles. The molecule has 1 heterocycles. The van der Waals surface area contributed by atoms with Crippen LogP contribution in [0.25, 0.3) is 0 Å². The largest absolute Gasteiger partial charge is 0.496 e. The van der Waals surface area contributed by atoms with Crippen molar-refractivity contribution in [3.05, 3.63) is 74.6 Å². The Bertz CT molecular complexity index is 1060. The first kappa shape index (κ1) is 19.9. The molecule has 1 aliphatic carbocycles. The SMILES string of the molecule is COc1ccc(Br)cc1C=Nc1sc2c(c1C(=O)Nc1ccccc1)CCCC2. The fourth-order valence-electron chi connectivity index (χ4n) is 3.53. The molecule has 1 N–H and O–H groups in total. The third-order valence-electron chi connectivity index (χ3n) is 4.92. The van der Waals surface area contributed by atoms with Crippen molar-refractivity contribution in [1.29, 1.82) is 0 Å². The fraction of sp³-hybridized carbons (Fsp3) is 0.217. The summed E-state index contributed by atoms with van der Waals surface area (Å²) in [5.41, 5.74) is 3.52. The van der Waals surface area contributed by atoms with E-state index in [0.29, 0.717) is 5.56 Å². The number of para-hydroxylation sites is 1. The molecule has 1 aliphatic rings. The van der Waals surface area contributed by atoms with E-state index in [4.69, 9.17) is 9.73 Å². The summed E-state index contributed by atoms with van der Waals surface area (Å²) < 4.78 is 6.39. The van der Waals surface area contributed by atoms with E-state index < -0.39 is 0 Å². The van der Waals surface area contributed by atoms with Gasteiger partial charge in [0.05, 0.1) is 12.7 Å². The average molecular weight is 469 g/mol. The highest BCUT2D eigenvalue weighted by Crippen LogP contribution is 2.40. The number of ether oxygens (including phenoxy) is 1. The standard InChI is InChI=1S/C23H21BrN2O2S/c1-28-19-12-11-16(24)13-15(19)14-25-23-21(18-9-5-6-10-20(18)29-23)22(27)26-17-7-3-2-4-8-17/h2-4,7-8,11-14H,5-6,9-10H2,1H3,(H,26,27). The van der Waals surface area contributed by atoms with Gasteiger partial charge in [0, 0.05) is 26.8 Å². The van der Waals surface area contributed by atoms with Gasteiger partial charge < -0.3 is 10.1 Å². The van der Waals surface area contributed by atoms with Crippen molar-refractivity contribution in [3.8, 4) is 5.75 Å². The topological polar surface area (TPSA) is 50.7 Å². The molecule has 29 heavy (non-hydrogen) atoms. The number of carbonyl (C=O) groups is 1. The molecule has 0 radical (unpaired) electrons. The van der Waals surface area contributed by atoms with Gasteiger partial charge in [-0.15, -0.1) is 11.3 Å². The monoisotopic (exact) mass is 468 g/mol. The summed E-state index contributed by atoms with van der Waals surface area (Å²) in [6.45, 7) is 0. The summed E-state index contributed by atoms with van der Waals surface area (Å²) in [6.07, 6.45) is 5.99. The highest BCUT2D eigenvalue weighted by Gasteiger charge is 2.25. The number of nitrogens with one attached hydrogen (secondary N) is 1. The number of fused-ring (bicyclic) bond motifs is 1. The maximum atomic E-state index is 13.1. The first-order valence-electron chi connectivity index (χ1n) is 9.54. The van der Waals surface area contributed by atoms with Crippen LogP contribution in [0.3, 0.4) is 0 Å². The van der Waals surface area contributed by atoms with E-state index in [-0.39, 0.29) is 5.91 Å². The van der Waals surface area contributed by atoms with Gasteiger partial charge in [0.1, 0.15) is 10.8 Å². The molecule has 0 unspecified atom stereocenters. The predicted molar refractivity (Wildman–Crippen MR) is 123 cm³/mol. The van der Waals surface area contributed by atoms with E-state index >= 15 is 0 Å². The van der Waals surface area contributed by atoms with Gasteiger partial charge in [-0.2, -0.15) is 0 Å². The Morgan fingerprint density at radius 1 is 1.17 bits per heavy atom. The van der Waals surface area contributed by atoms with Gasteiger partial charge in [-0.05, 0) is 61.6 Å². The minimum absolute atomic E-state index is 0.0936. The molecule has 0 fully saturated rings. The van der Waals surface area contributed by atoms with Crippen LogP contribution < -0.4 is 10.1 Å². The number of aliphatic imine (C=N–C) groups is 1. The van der Waals surface area contributed by atoms with Crippen LogP contribution in [0.2, 0.25) is 0 Å². The van der Waals surface area contributed by atoms with Crippen LogP contribution in [0, 0.1) is 0 Å². The Kier molecular flexibility index (Phi) is 6.11. The number of rotatable bonds is 5. The number of amides is 1. The molecule has 148 valence electrons. The lowest BCUT2D eigenvalue weighted by Gasteiger charge is -2.12. The zero-order valence-corrected chi connectivity index (χ0v) is 18.5. The van der Waals surface area contributed by atoms with E-state index in [0.717, 1.165) is 57.7 Å². The fourth-order valence-corrected chi connectivity index (χ4v) is 5.14. The molecular weight excluding hydrogens is 448 g/mol. The number of methoxy groups -OCH3 is 1. The van der Waals surface area contributed by atoms with Crippen LogP contribution in [-0.2, 0) is 12.8 Å². The van der Waals surface area contributed by atoms with Crippen LogP contribution in [0.1, 0.15) is 39.2 Å². The molecule has 0 atom stereocenters. The van der Waals surface area contributed by atoms with Crippen molar-refractivity contribution in [1.82, 2.24) is 0 Å². The third kappa shape index (κ3) is 4.43. The second kappa shape index (κ2) is 8.93. The summed E-state index contributed by atoms with van der Waals surface area (Å²) in [5, 5.41) is 3.78. The van der Waals surface area contributed by atoms with Crippen LogP contribution in [0.15, 0.2) is 58.0 Å². The zero-order chi connectivity index (χ0) is 20.2. The van der Waals surface area contributed by atoms with E-state index in [2.05, 4.69) is 21.2 Å². The van der Waals surface area contributed by atoms with Crippen LogP contribution in [0.4, 0.5) is 10.7 Å². The van der Waals surface area contributed by atoms with Gasteiger partial charge in [-0.3, -0.25) is 4.79 Å². The lowest BCUT2D eigenvalue weighted by Crippen LogP contribution is -2.14. The van der Waals surface area contributed by atoms with Crippen molar-refractivity contribution < 1.29 is 9.53 Å². The number of nitrogens with zero attached hydrogens (tertiary/aromatic N) is 1. The first-order chi connectivity index (χ1) is 14.2. The molecule has 4 rings (SSSR count). The molecule has 6 heteroatoms. The van der Waals surface area contributed by atoms with E-state index in [9.17, 15) is 4.79 Å². The first-order valence-corrected chi connectivity index (χ1v) is 11.1. The number of aryl methyl sites for hydroxylation is 1. The lowest BCUT2D eigenvalue weighted by molar-refractivity contribution is 0.102. The normalized spacial score (nSPS) is 13.3. The molecule has 4 nitrogen and oxygen atoms in total. The maximum Gasteiger partial charge on any atom is 0.259 e. The number of benzene rings is 2. The van der Waals surface area contributed by atoms with Crippen molar-refractivity contribution in [2.24, 2.45) is 4.99 Å². The minimum atomic E-state index is -0.0936. The summed E-state index contributed by atoms with van der Waals surface area (Å²) >= 11 is 5.12. The Labute approximate surface area is 182 Å². The van der Waals surface area contributed by atoms with Gasteiger partial charge in [-0.25, -0.2) is 4.99 Å². The summed E-state index contributed by atoms with van der Waals surface area (Å²) in [7, 11) is 1.64. The Morgan fingerprint density at radius 3 is 2.76 bits per heavy atom. The molecule has 2 aromatic carbocycles. The number of hydrogen-bond acceptors (Lipinski definition) is 4. The van der Waals surface area contributed by atoms with E-state index in [1.165, 1.54) is 4.88 Å². The molecule has 0 saturated carbocycles. The number of thiophene rings is 1. The molecule has 1 amide bonds. The quantitative estimate of drug-likeness (QED) is 0.440. The molecule has 1 aromatic heterocycles. The molecule has 0 bridgehead atoms. The second-order valence-corrected chi connectivity index (χ2v) is 8.85. The third-order valence-corrected chi connectivity index (χ3v) is 6.62. The zero-order valence-electron chi connectivity index (χ0n) is 16.1. The average Bonchev–Trinajstić information content (AvgIpc) is 3.11. The predicted octanol–water partition coefficient (Wildman–Crippen LogP) is 6.40. The van der Waals surface area contributed by atoms with Crippen molar-refractivity contribution in [3.63, 3.8) is 0 Å². The van der Waals surface area contributed by atoms with Gasteiger partial charge in [0.15, 0.2) is 0 Å². The second-order valence-electron chi connectivity index (χ2n) is 6.86. The molecule has 0 saturated heterocycles. The van der Waals surface area contributed by atoms with E-state index in [1.807, 2.05) is 48.5 Å². The van der Waals surface area contributed by atoms with Gasteiger partial charge >= 0.3 is 0 Å². The minimum Gasteiger partial charge on any atom is -0.496 e. The maximum absolute atomic E-state index is 13.1. The van der Waals surface area contributed by atoms with Crippen molar-refractivity contribution >= 4 is 50.1 Å². The Hall–Kier alpha value is -2.44. The van der Waals surface area contributed by atoms with E-state index in [1.54, 1.807) is 24.7 Å². The van der Waals surface area contributed by atoms with Gasteiger partial charge in [0.2, 0.25) is 0 Å². The lowest BCUT2D eigenvalue weighted by atomic mass is 9.95. The Balaban J connectivity index is 1.71. The molecule has 3 aromatic rings. The van der Waals surface area contributed by atoms with Crippen molar-refractivity contribution in [2.45, 2.75) is 25.7 Å². The summed E-state index contributed by atoms with van der Waals surface area (Å²) in [6, 6.07) is 15.3. The van der Waals surface area contributed by atoms with Gasteiger partial charge in [0.25, 0.3) is 5.91 Å². The smallest absolute Gasteiger partial charge is 0.259 e. The van der Waals surface area contributed by atoms with Crippen LogP contribution in [0.5, 0.6) is 5.75 Å². The summed E-state index contributed by atoms with van der Waals surface area (Å²) in [4.78, 5) is 19.2. The Morgan fingerprint density at radius 2 is 1.97 bits per heavy atom. The number of carbonyl (C=O) groups excluding carboxylic acids is 1. The number of halogens is 1. The molecular formula is C23H21BrN2O2S.